The first-order chi connectivity index (χ1) is 7.20. The Hall–Kier alpha value is -2.48. The van der Waals surface area contributed by atoms with Gasteiger partial charge in [-0.05, 0) is 12.1 Å². The van der Waals surface area contributed by atoms with Crippen LogP contribution in [0.25, 0.3) is 5.69 Å². The van der Waals surface area contributed by atoms with Gasteiger partial charge in [-0.15, -0.1) is 0 Å². The molecule has 0 aliphatic heterocycles. The second-order valence-corrected chi connectivity index (χ2v) is 3.02. The summed E-state index contributed by atoms with van der Waals surface area (Å²) >= 11 is 0. The average Bonchev–Trinajstić information content (AvgIpc) is 2.70. The zero-order valence-corrected chi connectivity index (χ0v) is 7.75. The minimum Gasteiger partial charge on any atom is -0.506 e. The van der Waals surface area contributed by atoms with E-state index < -0.39 is 0 Å². The lowest BCUT2D eigenvalue weighted by atomic mass is 10.2. The highest BCUT2D eigenvalue weighted by atomic mass is 16.3. The first-order valence-corrected chi connectivity index (χ1v) is 4.23. The van der Waals surface area contributed by atoms with Crippen LogP contribution < -0.4 is 5.73 Å². The Morgan fingerprint density at radius 1 is 1.47 bits per heavy atom. The molecule has 0 aliphatic rings. The number of benzene rings is 1. The fourth-order valence-electron chi connectivity index (χ4n) is 1.21. The predicted octanol–water partition coefficient (Wildman–Crippen LogP) is 1.03. The molecule has 1 heterocycles. The molecule has 0 saturated heterocycles. The summed E-state index contributed by atoms with van der Waals surface area (Å²) in [6.07, 6.45) is 3.08. The molecule has 0 aliphatic carbocycles. The molecule has 3 N–H and O–H groups in total. The quantitative estimate of drug-likeness (QED) is 0.531. The highest BCUT2D eigenvalue weighted by molar-refractivity contribution is 5.56. The highest BCUT2D eigenvalue weighted by Gasteiger charge is 2.02. The minimum atomic E-state index is 0.0136. The van der Waals surface area contributed by atoms with E-state index in [4.69, 9.17) is 11.0 Å². The number of nitrogens with zero attached hydrogens (tertiary/aromatic N) is 3. The van der Waals surface area contributed by atoms with E-state index in [1.165, 1.54) is 12.4 Å². The van der Waals surface area contributed by atoms with Gasteiger partial charge in [0.2, 0.25) is 0 Å². The fourth-order valence-corrected chi connectivity index (χ4v) is 1.21. The number of aromatic hydroxyl groups is 1. The van der Waals surface area contributed by atoms with Crippen molar-refractivity contribution in [2.75, 3.05) is 5.73 Å². The Morgan fingerprint density at radius 2 is 2.27 bits per heavy atom. The molecule has 1 aromatic carbocycles. The number of phenols is 1. The van der Waals surface area contributed by atoms with Gasteiger partial charge in [0.25, 0.3) is 0 Å². The van der Waals surface area contributed by atoms with Crippen molar-refractivity contribution in [3.8, 4) is 17.5 Å². The summed E-state index contributed by atoms with van der Waals surface area (Å²) < 4.78 is 1.64. The number of imidazole rings is 1. The van der Waals surface area contributed by atoms with E-state index >= 15 is 0 Å². The van der Waals surface area contributed by atoms with Crippen molar-refractivity contribution in [1.82, 2.24) is 9.55 Å². The van der Waals surface area contributed by atoms with Gasteiger partial charge in [0.15, 0.2) is 5.69 Å². The van der Waals surface area contributed by atoms with Crippen LogP contribution in [0.4, 0.5) is 5.69 Å². The Bertz CT molecular complexity index is 539. The lowest BCUT2D eigenvalue weighted by molar-refractivity contribution is 0.477. The maximum absolute atomic E-state index is 9.40. The van der Waals surface area contributed by atoms with Gasteiger partial charge >= 0.3 is 0 Å². The summed E-state index contributed by atoms with van der Waals surface area (Å²) in [5, 5.41) is 18.0. The predicted molar refractivity (Wildman–Crippen MR) is 54.4 cm³/mol. The lowest BCUT2D eigenvalue weighted by Crippen LogP contribution is -1.92. The minimum absolute atomic E-state index is 0.0136. The van der Waals surface area contributed by atoms with Crippen LogP contribution in [0.2, 0.25) is 0 Å². The maximum Gasteiger partial charge on any atom is 0.158 e. The Morgan fingerprint density at radius 3 is 2.87 bits per heavy atom. The molecule has 0 radical (unpaired) electrons. The molecule has 0 bridgehead atoms. The molecule has 0 atom stereocenters. The van der Waals surface area contributed by atoms with Crippen molar-refractivity contribution in [3.05, 3.63) is 36.4 Å². The van der Waals surface area contributed by atoms with E-state index in [9.17, 15) is 5.11 Å². The number of nitriles is 1. The van der Waals surface area contributed by atoms with Gasteiger partial charge < -0.3 is 15.4 Å². The molecule has 15 heavy (non-hydrogen) atoms. The maximum atomic E-state index is 9.40. The molecule has 2 aromatic rings. The van der Waals surface area contributed by atoms with Gasteiger partial charge in [-0.1, -0.05) is 0 Å². The van der Waals surface area contributed by atoms with Crippen molar-refractivity contribution in [3.63, 3.8) is 0 Å². The third-order valence-corrected chi connectivity index (χ3v) is 2.01. The van der Waals surface area contributed by atoms with Gasteiger partial charge in [0.1, 0.15) is 18.1 Å². The summed E-state index contributed by atoms with van der Waals surface area (Å²) in [5.74, 6) is 0.0136. The molecule has 0 saturated carbocycles. The number of hydrogen-bond donors (Lipinski definition) is 2. The van der Waals surface area contributed by atoms with E-state index in [1.54, 1.807) is 22.9 Å². The summed E-state index contributed by atoms with van der Waals surface area (Å²) in [6.45, 7) is 0. The average molecular weight is 200 g/mol. The molecule has 5 heteroatoms. The molecular formula is C10H8N4O. The van der Waals surface area contributed by atoms with Crippen molar-refractivity contribution < 1.29 is 5.11 Å². The standard InChI is InChI=1S/C10H8N4O/c11-4-7-5-14(6-13-7)8-1-2-9(12)10(15)3-8/h1-3,5-6,15H,12H2. The zero-order chi connectivity index (χ0) is 10.8. The van der Waals surface area contributed by atoms with E-state index in [-0.39, 0.29) is 5.75 Å². The van der Waals surface area contributed by atoms with Gasteiger partial charge in [0.05, 0.1) is 11.4 Å². The van der Waals surface area contributed by atoms with Crippen LogP contribution in [0.3, 0.4) is 0 Å². The van der Waals surface area contributed by atoms with Gasteiger partial charge in [-0.2, -0.15) is 5.26 Å². The van der Waals surface area contributed by atoms with Crippen molar-refractivity contribution in [2.24, 2.45) is 0 Å². The largest absolute Gasteiger partial charge is 0.506 e. The van der Waals surface area contributed by atoms with Gasteiger partial charge in [-0.3, -0.25) is 0 Å². The molecule has 0 spiro atoms. The molecule has 0 fully saturated rings. The number of nitrogens with two attached hydrogens (primary N) is 1. The van der Waals surface area contributed by atoms with Gasteiger partial charge in [-0.25, -0.2) is 4.98 Å². The van der Waals surface area contributed by atoms with E-state index in [0.29, 0.717) is 17.1 Å². The third-order valence-electron chi connectivity index (χ3n) is 2.01. The monoisotopic (exact) mass is 200 g/mol. The summed E-state index contributed by atoms with van der Waals surface area (Å²) in [4.78, 5) is 3.85. The Labute approximate surface area is 86.0 Å². The van der Waals surface area contributed by atoms with Crippen LogP contribution in [-0.2, 0) is 0 Å². The topological polar surface area (TPSA) is 87.9 Å². The summed E-state index contributed by atoms with van der Waals surface area (Å²) in [6, 6.07) is 6.76. The van der Waals surface area contributed by atoms with Crippen molar-refractivity contribution in [1.29, 1.82) is 5.26 Å². The SMILES string of the molecule is N#Cc1cn(-c2ccc(N)c(O)c2)cn1. The second-order valence-electron chi connectivity index (χ2n) is 3.02. The number of anilines is 1. The third kappa shape index (κ3) is 1.60. The summed E-state index contributed by atoms with van der Waals surface area (Å²) in [5.41, 5.74) is 6.82. The first-order valence-electron chi connectivity index (χ1n) is 4.23. The summed E-state index contributed by atoms with van der Waals surface area (Å²) in [7, 11) is 0. The molecular weight excluding hydrogens is 192 g/mol. The smallest absolute Gasteiger partial charge is 0.158 e. The van der Waals surface area contributed by atoms with Crippen LogP contribution in [0.1, 0.15) is 5.69 Å². The van der Waals surface area contributed by atoms with Crippen molar-refractivity contribution in [2.45, 2.75) is 0 Å². The second kappa shape index (κ2) is 3.35. The van der Waals surface area contributed by atoms with Gasteiger partial charge in [0, 0.05) is 12.3 Å². The Kier molecular flexibility index (Phi) is 2.03. The molecule has 0 unspecified atom stereocenters. The molecule has 74 valence electrons. The number of rotatable bonds is 1. The fraction of sp³-hybridized carbons (Fsp3) is 0. The molecule has 2 rings (SSSR count). The number of nitrogen functional groups attached to an aromatic ring is 1. The first kappa shape index (κ1) is 9.09. The van der Waals surface area contributed by atoms with Crippen LogP contribution in [0.5, 0.6) is 5.75 Å². The van der Waals surface area contributed by atoms with Crippen molar-refractivity contribution >= 4 is 5.69 Å². The van der Waals surface area contributed by atoms with E-state index in [1.807, 2.05) is 6.07 Å². The number of phenolic OH excluding ortho intramolecular Hbond substituents is 1. The number of hydrogen-bond acceptors (Lipinski definition) is 4. The van der Waals surface area contributed by atoms with Crippen LogP contribution in [0, 0.1) is 11.3 Å². The number of aromatic nitrogens is 2. The molecule has 5 nitrogen and oxygen atoms in total. The van der Waals surface area contributed by atoms with E-state index in [2.05, 4.69) is 4.98 Å². The highest BCUT2D eigenvalue weighted by Crippen LogP contribution is 2.22. The normalized spacial score (nSPS) is 9.80. The molecule has 0 amide bonds. The van der Waals surface area contributed by atoms with Crippen LogP contribution >= 0.6 is 0 Å². The van der Waals surface area contributed by atoms with Crippen LogP contribution in [-0.4, -0.2) is 14.7 Å². The lowest BCUT2D eigenvalue weighted by Gasteiger charge is -2.03. The van der Waals surface area contributed by atoms with E-state index in [0.717, 1.165) is 0 Å². The molecule has 1 aromatic heterocycles. The zero-order valence-electron chi connectivity index (χ0n) is 7.75. The van der Waals surface area contributed by atoms with Crippen LogP contribution in [0.15, 0.2) is 30.7 Å². The Balaban J connectivity index is 2.46.